The quantitative estimate of drug-likeness (QED) is 0.555. The van der Waals surface area contributed by atoms with Crippen molar-refractivity contribution in [3.05, 3.63) is 21.9 Å². The molecule has 0 radical (unpaired) electrons. The summed E-state index contributed by atoms with van der Waals surface area (Å²) in [5.41, 5.74) is 1.30. The van der Waals surface area contributed by atoms with E-state index >= 15 is 0 Å². The lowest BCUT2D eigenvalue weighted by Gasteiger charge is -2.00. The minimum Gasteiger partial charge on any atom is -0.466 e. The SMILES string of the molecule is CCOC(=O)CCCc1cc(CCCl)cs1. The molecule has 0 saturated heterocycles. The monoisotopic (exact) mass is 260 g/mol. The molecule has 0 N–H and O–H groups in total. The van der Waals surface area contributed by atoms with Crippen LogP contribution >= 0.6 is 22.9 Å². The summed E-state index contributed by atoms with van der Waals surface area (Å²) >= 11 is 7.41. The van der Waals surface area contributed by atoms with E-state index in [-0.39, 0.29) is 5.97 Å². The Morgan fingerprint density at radius 2 is 2.31 bits per heavy atom. The number of rotatable bonds is 7. The van der Waals surface area contributed by atoms with Crippen molar-refractivity contribution >= 4 is 28.9 Å². The van der Waals surface area contributed by atoms with Crippen LogP contribution in [-0.2, 0) is 22.4 Å². The number of carbonyl (C=O) groups is 1. The molecule has 0 bridgehead atoms. The summed E-state index contributed by atoms with van der Waals surface area (Å²) in [6, 6.07) is 2.18. The van der Waals surface area contributed by atoms with E-state index in [1.165, 1.54) is 10.4 Å². The molecule has 0 atom stereocenters. The highest BCUT2D eigenvalue weighted by Crippen LogP contribution is 2.18. The molecule has 1 aromatic rings. The standard InChI is InChI=1S/C12H17ClO2S/c1-2-15-12(14)5-3-4-11-8-10(6-7-13)9-16-11/h8-9H,2-7H2,1H3. The van der Waals surface area contributed by atoms with Crippen LogP contribution in [0.3, 0.4) is 0 Å². The van der Waals surface area contributed by atoms with E-state index in [1.807, 2.05) is 6.92 Å². The van der Waals surface area contributed by atoms with Crippen molar-refractivity contribution in [1.82, 2.24) is 0 Å². The summed E-state index contributed by atoms with van der Waals surface area (Å²) in [6.45, 7) is 2.30. The van der Waals surface area contributed by atoms with Crippen molar-refractivity contribution in [1.29, 1.82) is 0 Å². The molecule has 0 unspecified atom stereocenters. The molecule has 0 saturated carbocycles. The van der Waals surface area contributed by atoms with Crippen LogP contribution in [0.15, 0.2) is 11.4 Å². The highest BCUT2D eigenvalue weighted by Gasteiger charge is 2.03. The molecule has 0 spiro atoms. The van der Waals surface area contributed by atoms with Gasteiger partial charge in [-0.25, -0.2) is 0 Å². The highest BCUT2D eigenvalue weighted by atomic mass is 35.5. The third-order valence-corrected chi connectivity index (χ3v) is 3.43. The van der Waals surface area contributed by atoms with Crippen LogP contribution in [0.4, 0.5) is 0 Å². The van der Waals surface area contributed by atoms with Crippen molar-refractivity contribution in [2.24, 2.45) is 0 Å². The largest absolute Gasteiger partial charge is 0.466 e. The Labute approximate surface area is 106 Å². The number of alkyl halides is 1. The van der Waals surface area contributed by atoms with Gasteiger partial charge in [-0.3, -0.25) is 4.79 Å². The van der Waals surface area contributed by atoms with E-state index < -0.39 is 0 Å². The van der Waals surface area contributed by atoms with Crippen LogP contribution in [0.5, 0.6) is 0 Å². The summed E-state index contributed by atoms with van der Waals surface area (Å²) in [7, 11) is 0. The zero-order chi connectivity index (χ0) is 11.8. The van der Waals surface area contributed by atoms with Crippen molar-refractivity contribution in [2.45, 2.75) is 32.6 Å². The average molecular weight is 261 g/mol. The van der Waals surface area contributed by atoms with Gasteiger partial charge >= 0.3 is 5.97 Å². The Morgan fingerprint density at radius 1 is 1.50 bits per heavy atom. The van der Waals surface area contributed by atoms with Gasteiger partial charge in [0.25, 0.3) is 0 Å². The van der Waals surface area contributed by atoms with E-state index in [2.05, 4.69) is 11.4 Å². The molecule has 0 aliphatic carbocycles. The fourth-order valence-electron chi connectivity index (χ4n) is 1.44. The van der Waals surface area contributed by atoms with Crippen LogP contribution < -0.4 is 0 Å². The smallest absolute Gasteiger partial charge is 0.305 e. The van der Waals surface area contributed by atoms with Crippen molar-refractivity contribution < 1.29 is 9.53 Å². The molecule has 0 aromatic carbocycles. The zero-order valence-corrected chi connectivity index (χ0v) is 11.1. The van der Waals surface area contributed by atoms with Gasteiger partial charge in [0, 0.05) is 17.2 Å². The van der Waals surface area contributed by atoms with Gasteiger partial charge in [-0.05, 0) is 43.2 Å². The molecule has 1 heterocycles. The second kappa shape index (κ2) is 7.69. The third kappa shape index (κ3) is 4.99. The Hall–Kier alpha value is -0.540. The predicted molar refractivity (Wildman–Crippen MR) is 68.3 cm³/mol. The van der Waals surface area contributed by atoms with E-state index in [0.29, 0.717) is 18.9 Å². The molecule has 1 rings (SSSR count). The van der Waals surface area contributed by atoms with Gasteiger partial charge in [0.15, 0.2) is 0 Å². The lowest BCUT2D eigenvalue weighted by Crippen LogP contribution is -2.03. The van der Waals surface area contributed by atoms with Crippen LogP contribution in [0.2, 0.25) is 0 Å². The van der Waals surface area contributed by atoms with Crippen LogP contribution in [-0.4, -0.2) is 18.5 Å². The van der Waals surface area contributed by atoms with E-state index in [0.717, 1.165) is 19.3 Å². The van der Waals surface area contributed by atoms with Crippen LogP contribution in [0, 0.1) is 0 Å². The van der Waals surface area contributed by atoms with Gasteiger partial charge in [0.05, 0.1) is 6.61 Å². The number of halogens is 1. The fourth-order valence-corrected chi connectivity index (χ4v) is 2.63. The molecule has 0 aliphatic rings. The Balaban J connectivity index is 2.23. The van der Waals surface area contributed by atoms with E-state index in [4.69, 9.17) is 16.3 Å². The zero-order valence-electron chi connectivity index (χ0n) is 9.50. The summed E-state index contributed by atoms with van der Waals surface area (Å²) < 4.78 is 4.87. The number of carbonyl (C=O) groups excluding carboxylic acids is 1. The number of esters is 1. The number of hydrogen-bond donors (Lipinski definition) is 0. The molecule has 1 aromatic heterocycles. The molecule has 0 amide bonds. The Morgan fingerprint density at radius 3 is 3.00 bits per heavy atom. The minimum absolute atomic E-state index is 0.0972. The Bertz CT molecular complexity index is 323. The summed E-state index contributed by atoms with van der Waals surface area (Å²) in [5, 5.41) is 2.14. The van der Waals surface area contributed by atoms with Gasteiger partial charge in [-0.2, -0.15) is 0 Å². The summed E-state index contributed by atoms with van der Waals surface area (Å²) in [5.74, 6) is 0.568. The van der Waals surface area contributed by atoms with Crippen LogP contribution in [0.25, 0.3) is 0 Å². The number of thiophene rings is 1. The lowest BCUT2D eigenvalue weighted by molar-refractivity contribution is -0.143. The second-order valence-corrected chi connectivity index (χ2v) is 4.89. The average Bonchev–Trinajstić information content (AvgIpc) is 2.67. The first-order valence-electron chi connectivity index (χ1n) is 5.54. The second-order valence-electron chi connectivity index (χ2n) is 3.52. The molecule has 16 heavy (non-hydrogen) atoms. The van der Waals surface area contributed by atoms with Gasteiger partial charge in [-0.15, -0.1) is 22.9 Å². The van der Waals surface area contributed by atoms with E-state index in [9.17, 15) is 4.79 Å². The Kier molecular flexibility index (Phi) is 6.50. The molecule has 0 aliphatic heterocycles. The third-order valence-electron chi connectivity index (χ3n) is 2.20. The highest BCUT2D eigenvalue weighted by molar-refractivity contribution is 7.10. The van der Waals surface area contributed by atoms with Crippen LogP contribution in [0.1, 0.15) is 30.2 Å². The van der Waals surface area contributed by atoms with Gasteiger partial charge in [-0.1, -0.05) is 0 Å². The number of hydrogen-bond acceptors (Lipinski definition) is 3. The molecular formula is C12H17ClO2S. The van der Waals surface area contributed by atoms with Crippen molar-refractivity contribution in [3.63, 3.8) is 0 Å². The first-order valence-corrected chi connectivity index (χ1v) is 6.95. The summed E-state index contributed by atoms with van der Waals surface area (Å²) in [6.07, 6.45) is 3.25. The number of aryl methyl sites for hydroxylation is 2. The topological polar surface area (TPSA) is 26.3 Å². The van der Waals surface area contributed by atoms with Gasteiger partial charge in [0.1, 0.15) is 0 Å². The predicted octanol–water partition coefficient (Wildman–Crippen LogP) is 3.42. The van der Waals surface area contributed by atoms with Gasteiger partial charge < -0.3 is 4.74 Å². The minimum atomic E-state index is -0.0972. The first kappa shape index (κ1) is 13.5. The molecule has 2 nitrogen and oxygen atoms in total. The number of ether oxygens (including phenoxy) is 1. The maximum absolute atomic E-state index is 11.1. The molecule has 4 heteroatoms. The summed E-state index contributed by atoms with van der Waals surface area (Å²) in [4.78, 5) is 12.4. The lowest BCUT2D eigenvalue weighted by atomic mass is 10.2. The van der Waals surface area contributed by atoms with E-state index in [1.54, 1.807) is 11.3 Å². The molecule has 0 fully saturated rings. The van der Waals surface area contributed by atoms with Gasteiger partial charge in [0.2, 0.25) is 0 Å². The maximum Gasteiger partial charge on any atom is 0.305 e. The first-order chi connectivity index (χ1) is 7.76. The fraction of sp³-hybridized carbons (Fsp3) is 0.583. The molecule has 90 valence electrons. The van der Waals surface area contributed by atoms with Crippen molar-refractivity contribution in [2.75, 3.05) is 12.5 Å². The van der Waals surface area contributed by atoms with Crippen molar-refractivity contribution in [3.8, 4) is 0 Å². The normalized spacial score (nSPS) is 10.4. The molecular weight excluding hydrogens is 244 g/mol. The maximum atomic E-state index is 11.1.